The van der Waals surface area contributed by atoms with Crippen LogP contribution in [0.2, 0.25) is 4.34 Å². The molecule has 1 atom stereocenters. The molecule has 2 N–H and O–H groups in total. The Hall–Kier alpha value is -1.30. The van der Waals surface area contributed by atoms with Crippen LogP contribution in [0.3, 0.4) is 0 Å². The fourth-order valence-corrected chi connectivity index (χ4v) is 2.77. The van der Waals surface area contributed by atoms with Gasteiger partial charge in [-0.15, -0.1) is 11.3 Å². The monoisotopic (exact) mass is 299 g/mol. The molecule has 0 aromatic carbocycles. The Labute approximate surface area is 120 Å². The molecule has 0 saturated heterocycles. The fourth-order valence-electron chi connectivity index (χ4n) is 1.69. The molecule has 2 heterocycles. The Kier molecular flexibility index (Phi) is 5.01. The first-order valence-electron chi connectivity index (χ1n) is 5.87. The summed E-state index contributed by atoms with van der Waals surface area (Å²) in [5.74, 6) is 0.426. The predicted molar refractivity (Wildman–Crippen MR) is 74.3 cm³/mol. The van der Waals surface area contributed by atoms with Crippen LogP contribution in [0.5, 0.6) is 0 Å². The van der Waals surface area contributed by atoms with Gasteiger partial charge in [-0.05, 0) is 30.7 Å². The Morgan fingerprint density at radius 1 is 1.47 bits per heavy atom. The van der Waals surface area contributed by atoms with Crippen molar-refractivity contribution in [1.82, 2.24) is 5.32 Å². The number of halogens is 1. The van der Waals surface area contributed by atoms with E-state index in [1.807, 2.05) is 12.1 Å². The van der Waals surface area contributed by atoms with Crippen molar-refractivity contribution in [3.63, 3.8) is 0 Å². The number of amides is 1. The van der Waals surface area contributed by atoms with Crippen molar-refractivity contribution in [2.45, 2.75) is 18.9 Å². The molecule has 6 heteroatoms. The van der Waals surface area contributed by atoms with Crippen molar-refractivity contribution >= 4 is 28.8 Å². The highest BCUT2D eigenvalue weighted by Crippen LogP contribution is 2.22. The molecule has 0 radical (unpaired) electrons. The van der Waals surface area contributed by atoms with Crippen molar-refractivity contribution < 1.29 is 14.3 Å². The molecule has 0 spiro atoms. The minimum absolute atomic E-state index is 0.125. The lowest BCUT2D eigenvalue weighted by Gasteiger charge is -2.13. The summed E-state index contributed by atoms with van der Waals surface area (Å²) in [7, 11) is 0. The highest BCUT2D eigenvalue weighted by atomic mass is 35.5. The maximum absolute atomic E-state index is 11.8. The van der Waals surface area contributed by atoms with E-state index in [9.17, 15) is 9.90 Å². The number of hydrogen-bond acceptors (Lipinski definition) is 4. The molecule has 19 heavy (non-hydrogen) atoms. The lowest BCUT2D eigenvalue weighted by molar-refractivity contribution is -0.122. The van der Waals surface area contributed by atoms with Gasteiger partial charge in [0.1, 0.15) is 11.8 Å². The lowest BCUT2D eigenvalue weighted by atomic mass is 10.2. The molecule has 1 unspecified atom stereocenters. The van der Waals surface area contributed by atoms with Gasteiger partial charge in [0.2, 0.25) is 5.91 Å². The van der Waals surface area contributed by atoms with Crippen LogP contribution in [-0.2, 0) is 11.2 Å². The minimum atomic E-state index is -0.491. The SMILES string of the molecule is O=C(CCc1ccc(Cl)s1)NC(CO)c1ccco1. The first-order chi connectivity index (χ1) is 9.19. The molecule has 4 nitrogen and oxygen atoms in total. The summed E-state index contributed by atoms with van der Waals surface area (Å²) in [6.45, 7) is -0.190. The number of aliphatic hydroxyl groups excluding tert-OH is 1. The van der Waals surface area contributed by atoms with Crippen molar-refractivity contribution in [3.8, 4) is 0 Å². The number of nitrogens with one attached hydrogen (secondary N) is 1. The fraction of sp³-hybridized carbons (Fsp3) is 0.308. The van der Waals surface area contributed by atoms with E-state index >= 15 is 0 Å². The zero-order valence-corrected chi connectivity index (χ0v) is 11.7. The van der Waals surface area contributed by atoms with Crippen LogP contribution < -0.4 is 5.32 Å². The maximum atomic E-state index is 11.8. The molecule has 0 aliphatic rings. The second-order valence-electron chi connectivity index (χ2n) is 4.02. The molecule has 2 rings (SSSR count). The van der Waals surface area contributed by atoms with Crippen molar-refractivity contribution in [1.29, 1.82) is 0 Å². The number of carbonyl (C=O) groups is 1. The molecule has 0 fully saturated rings. The summed E-state index contributed by atoms with van der Waals surface area (Å²) in [5, 5.41) is 12.0. The molecule has 0 saturated carbocycles. The number of aliphatic hydroxyl groups is 1. The topological polar surface area (TPSA) is 62.5 Å². The van der Waals surface area contributed by atoms with Crippen LogP contribution in [0.1, 0.15) is 23.1 Å². The Morgan fingerprint density at radius 2 is 2.32 bits per heavy atom. The predicted octanol–water partition coefficient (Wildman–Crippen LogP) is 2.78. The van der Waals surface area contributed by atoms with Gasteiger partial charge in [0.05, 0.1) is 17.2 Å². The van der Waals surface area contributed by atoms with Crippen LogP contribution >= 0.6 is 22.9 Å². The third-order valence-corrected chi connectivity index (χ3v) is 3.92. The normalized spacial score (nSPS) is 12.3. The quantitative estimate of drug-likeness (QED) is 0.862. The molecular weight excluding hydrogens is 286 g/mol. The van der Waals surface area contributed by atoms with Gasteiger partial charge in [0.25, 0.3) is 0 Å². The summed E-state index contributed by atoms with van der Waals surface area (Å²) < 4.78 is 5.88. The highest BCUT2D eigenvalue weighted by molar-refractivity contribution is 7.16. The average Bonchev–Trinajstić information content (AvgIpc) is 3.05. The largest absolute Gasteiger partial charge is 0.467 e. The van der Waals surface area contributed by atoms with Crippen LogP contribution in [0.4, 0.5) is 0 Å². The van der Waals surface area contributed by atoms with E-state index in [0.717, 1.165) is 9.21 Å². The number of rotatable bonds is 6. The summed E-state index contributed by atoms with van der Waals surface area (Å²) >= 11 is 7.29. The summed E-state index contributed by atoms with van der Waals surface area (Å²) in [4.78, 5) is 12.9. The average molecular weight is 300 g/mol. The molecule has 102 valence electrons. The van der Waals surface area contributed by atoms with Gasteiger partial charge < -0.3 is 14.8 Å². The number of thiophene rings is 1. The summed E-state index contributed by atoms with van der Waals surface area (Å²) in [5.41, 5.74) is 0. The van der Waals surface area contributed by atoms with Gasteiger partial charge in [0.15, 0.2) is 0 Å². The van der Waals surface area contributed by atoms with Gasteiger partial charge in [0, 0.05) is 11.3 Å². The van der Waals surface area contributed by atoms with Crippen LogP contribution in [0.15, 0.2) is 34.9 Å². The number of aryl methyl sites for hydroxylation is 1. The summed E-state index contributed by atoms with van der Waals surface area (Å²) in [6.07, 6.45) is 2.51. The van der Waals surface area contributed by atoms with Crippen molar-refractivity contribution in [2.24, 2.45) is 0 Å². The van der Waals surface area contributed by atoms with Crippen LogP contribution in [-0.4, -0.2) is 17.6 Å². The Bertz CT molecular complexity index is 524. The number of hydrogen-bond donors (Lipinski definition) is 2. The Morgan fingerprint density at radius 3 is 2.89 bits per heavy atom. The van der Waals surface area contributed by atoms with Gasteiger partial charge in [-0.25, -0.2) is 0 Å². The van der Waals surface area contributed by atoms with E-state index < -0.39 is 6.04 Å². The van der Waals surface area contributed by atoms with Crippen molar-refractivity contribution in [2.75, 3.05) is 6.61 Å². The molecular formula is C13H14ClNO3S. The van der Waals surface area contributed by atoms with E-state index in [2.05, 4.69) is 5.32 Å². The molecule has 0 aliphatic carbocycles. The molecule has 2 aromatic heterocycles. The number of carbonyl (C=O) groups excluding carboxylic acids is 1. The highest BCUT2D eigenvalue weighted by Gasteiger charge is 2.16. The van der Waals surface area contributed by atoms with E-state index in [4.69, 9.17) is 16.0 Å². The smallest absolute Gasteiger partial charge is 0.221 e. The zero-order valence-electron chi connectivity index (χ0n) is 10.1. The maximum Gasteiger partial charge on any atom is 0.221 e. The van der Waals surface area contributed by atoms with Crippen LogP contribution in [0, 0.1) is 0 Å². The molecule has 0 bridgehead atoms. The number of furan rings is 1. The second kappa shape index (κ2) is 6.75. The zero-order chi connectivity index (χ0) is 13.7. The van der Waals surface area contributed by atoms with E-state index in [-0.39, 0.29) is 12.5 Å². The first kappa shape index (κ1) is 14.1. The standard InChI is InChI=1S/C13H14ClNO3S/c14-12-5-3-9(19-12)4-6-13(17)15-10(8-16)11-2-1-7-18-11/h1-3,5,7,10,16H,4,6,8H2,(H,15,17). The molecule has 2 aromatic rings. The van der Waals surface area contributed by atoms with Gasteiger partial charge in [-0.2, -0.15) is 0 Å². The summed E-state index contributed by atoms with van der Waals surface area (Å²) in [6, 6.07) is 6.68. The molecule has 1 amide bonds. The lowest BCUT2D eigenvalue weighted by Crippen LogP contribution is -2.30. The van der Waals surface area contributed by atoms with E-state index in [1.54, 1.807) is 12.1 Å². The molecule has 0 aliphatic heterocycles. The van der Waals surface area contributed by atoms with Gasteiger partial charge in [-0.3, -0.25) is 4.79 Å². The minimum Gasteiger partial charge on any atom is -0.467 e. The van der Waals surface area contributed by atoms with Gasteiger partial charge in [-0.1, -0.05) is 11.6 Å². The van der Waals surface area contributed by atoms with E-state index in [1.165, 1.54) is 17.6 Å². The first-order valence-corrected chi connectivity index (χ1v) is 7.06. The third kappa shape index (κ3) is 4.09. The Balaban J connectivity index is 1.83. The van der Waals surface area contributed by atoms with E-state index in [0.29, 0.717) is 18.6 Å². The third-order valence-electron chi connectivity index (χ3n) is 2.63. The van der Waals surface area contributed by atoms with Gasteiger partial charge >= 0.3 is 0 Å². The second-order valence-corrected chi connectivity index (χ2v) is 5.82. The van der Waals surface area contributed by atoms with Crippen molar-refractivity contribution in [3.05, 3.63) is 45.5 Å². The van der Waals surface area contributed by atoms with Crippen LogP contribution in [0.25, 0.3) is 0 Å².